The number of rotatable bonds is 8. The van der Waals surface area contributed by atoms with Gasteiger partial charge in [-0.25, -0.2) is 5.84 Å². The van der Waals surface area contributed by atoms with Crippen molar-refractivity contribution in [2.45, 2.75) is 30.9 Å². The average Bonchev–Trinajstić information content (AvgIpc) is 3.13. The van der Waals surface area contributed by atoms with Crippen LogP contribution in [0.5, 0.6) is 0 Å². The highest BCUT2D eigenvalue weighted by molar-refractivity contribution is 8.00. The highest BCUT2D eigenvalue weighted by Gasteiger charge is 2.41. The highest BCUT2D eigenvalue weighted by atomic mass is 32.2. The molecule has 1 aliphatic rings. The molecule has 0 aliphatic heterocycles. The third-order valence-electron chi connectivity index (χ3n) is 2.86. The zero-order chi connectivity index (χ0) is 12.6. The molecule has 0 amide bonds. The normalized spacial score (nSPS) is 17.9. The number of nitrogens with two attached hydrogens (primary N) is 1. The van der Waals surface area contributed by atoms with Crippen LogP contribution in [0.25, 0.3) is 0 Å². The molecule has 1 rings (SSSR count). The van der Waals surface area contributed by atoms with E-state index in [9.17, 15) is 0 Å². The third kappa shape index (κ3) is 5.61. The summed E-state index contributed by atoms with van der Waals surface area (Å²) >= 11 is 1.90. The number of guanidine groups is 1. The van der Waals surface area contributed by atoms with Gasteiger partial charge in [-0.1, -0.05) is 0 Å². The Labute approximate surface area is 108 Å². The van der Waals surface area contributed by atoms with E-state index in [0.29, 0.717) is 10.7 Å². The smallest absolute Gasteiger partial charge is 0.205 e. The molecule has 17 heavy (non-hydrogen) atoms. The summed E-state index contributed by atoms with van der Waals surface area (Å²) in [5.41, 5.74) is 2.61. The third-order valence-corrected chi connectivity index (χ3v) is 4.27. The number of hydrazine groups is 1. The first kappa shape index (κ1) is 14.6. The molecule has 0 unspecified atom stereocenters. The largest absolute Gasteiger partial charge is 0.382 e. The molecule has 0 aromatic carbocycles. The average molecular weight is 260 g/mol. The Morgan fingerprint density at radius 1 is 1.53 bits per heavy atom. The van der Waals surface area contributed by atoms with Gasteiger partial charge in [-0.15, -0.1) is 0 Å². The summed E-state index contributed by atoms with van der Waals surface area (Å²) in [6.45, 7) is 5.21. The van der Waals surface area contributed by atoms with Crippen LogP contribution in [0.4, 0.5) is 0 Å². The summed E-state index contributed by atoms with van der Waals surface area (Å²) in [6, 6.07) is 0. The van der Waals surface area contributed by atoms with Crippen molar-refractivity contribution >= 4 is 17.7 Å². The van der Waals surface area contributed by atoms with Gasteiger partial charge in [0.1, 0.15) is 0 Å². The number of nitrogens with zero attached hydrogens (tertiary/aromatic N) is 1. The van der Waals surface area contributed by atoms with Crippen LogP contribution in [-0.2, 0) is 4.74 Å². The van der Waals surface area contributed by atoms with Crippen LogP contribution >= 0.6 is 11.8 Å². The number of hydrogen-bond donors (Lipinski definition) is 3. The topological polar surface area (TPSA) is 71.7 Å². The summed E-state index contributed by atoms with van der Waals surface area (Å²) in [4.78, 5) is 4.47. The van der Waals surface area contributed by atoms with Gasteiger partial charge in [0.05, 0.1) is 6.54 Å². The van der Waals surface area contributed by atoms with Gasteiger partial charge in [-0.3, -0.25) is 10.4 Å². The molecular formula is C11H24N4OS. The Morgan fingerprint density at radius 3 is 2.82 bits per heavy atom. The Hall–Kier alpha value is -0.460. The van der Waals surface area contributed by atoms with E-state index in [1.54, 1.807) is 0 Å². The van der Waals surface area contributed by atoms with Crippen LogP contribution in [0.2, 0.25) is 0 Å². The zero-order valence-corrected chi connectivity index (χ0v) is 11.6. The minimum absolute atomic E-state index is 0.384. The van der Waals surface area contributed by atoms with Crippen LogP contribution in [0.15, 0.2) is 4.99 Å². The maximum atomic E-state index is 5.42. The quantitative estimate of drug-likeness (QED) is 0.197. The maximum Gasteiger partial charge on any atom is 0.205 e. The summed E-state index contributed by atoms with van der Waals surface area (Å²) in [6.07, 6.45) is 5.63. The predicted molar refractivity (Wildman–Crippen MR) is 74.2 cm³/mol. The molecule has 0 spiro atoms. The molecular weight excluding hydrogens is 236 g/mol. The van der Waals surface area contributed by atoms with Crippen molar-refractivity contribution < 1.29 is 4.74 Å². The fourth-order valence-electron chi connectivity index (χ4n) is 1.47. The molecule has 4 N–H and O–H groups in total. The standard InChI is InChI=1S/C11H24N4OS/c1-3-16-8-4-7-13-10(15-12)14-9-11(17-2)5-6-11/h3-9,12H2,1-2H3,(H2,13,14,15). The van der Waals surface area contributed by atoms with Crippen LogP contribution in [0.1, 0.15) is 26.2 Å². The Kier molecular flexibility index (Phi) is 6.69. The second kappa shape index (κ2) is 7.79. The van der Waals surface area contributed by atoms with Crippen molar-refractivity contribution in [2.75, 3.05) is 32.6 Å². The van der Waals surface area contributed by atoms with Gasteiger partial charge in [-0.2, -0.15) is 11.8 Å². The number of ether oxygens (including phenoxy) is 1. The van der Waals surface area contributed by atoms with E-state index in [0.717, 1.165) is 32.7 Å². The van der Waals surface area contributed by atoms with Crippen molar-refractivity contribution in [3.05, 3.63) is 0 Å². The van der Waals surface area contributed by atoms with Gasteiger partial charge in [0.2, 0.25) is 5.96 Å². The molecule has 0 aromatic heterocycles. The van der Waals surface area contributed by atoms with E-state index in [4.69, 9.17) is 10.6 Å². The molecule has 0 radical (unpaired) electrons. The molecule has 6 heteroatoms. The first-order valence-corrected chi connectivity index (χ1v) is 7.36. The molecule has 1 saturated carbocycles. The fourth-order valence-corrected chi connectivity index (χ4v) is 2.17. The number of nitrogens with one attached hydrogen (secondary N) is 2. The van der Waals surface area contributed by atoms with Crippen molar-refractivity contribution in [3.8, 4) is 0 Å². The first-order valence-electron chi connectivity index (χ1n) is 6.14. The van der Waals surface area contributed by atoms with Crippen molar-refractivity contribution in [2.24, 2.45) is 10.8 Å². The van der Waals surface area contributed by atoms with Crippen LogP contribution < -0.4 is 16.6 Å². The van der Waals surface area contributed by atoms with Crippen LogP contribution in [0.3, 0.4) is 0 Å². The van der Waals surface area contributed by atoms with E-state index in [-0.39, 0.29) is 0 Å². The lowest BCUT2D eigenvalue weighted by molar-refractivity contribution is 0.145. The van der Waals surface area contributed by atoms with E-state index in [2.05, 4.69) is 22.0 Å². The summed E-state index contributed by atoms with van der Waals surface area (Å²) < 4.78 is 5.64. The van der Waals surface area contributed by atoms with Crippen molar-refractivity contribution in [3.63, 3.8) is 0 Å². The molecule has 0 aromatic rings. The van der Waals surface area contributed by atoms with E-state index < -0.39 is 0 Å². The molecule has 0 bridgehead atoms. The van der Waals surface area contributed by atoms with Gasteiger partial charge >= 0.3 is 0 Å². The fraction of sp³-hybridized carbons (Fsp3) is 0.909. The lowest BCUT2D eigenvalue weighted by atomic mass is 10.4. The predicted octanol–water partition coefficient (Wildman–Crippen LogP) is 0.718. The minimum Gasteiger partial charge on any atom is -0.382 e. The minimum atomic E-state index is 0.384. The SMILES string of the molecule is CCOCCCNC(=NCC1(SC)CC1)NN. The van der Waals surface area contributed by atoms with E-state index >= 15 is 0 Å². The number of thioether (sulfide) groups is 1. The molecule has 5 nitrogen and oxygen atoms in total. The second-order valence-electron chi connectivity index (χ2n) is 4.17. The molecule has 0 saturated heterocycles. The van der Waals surface area contributed by atoms with Gasteiger partial charge in [-0.05, 0) is 32.4 Å². The monoisotopic (exact) mass is 260 g/mol. The van der Waals surface area contributed by atoms with Gasteiger partial charge in [0.25, 0.3) is 0 Å². The Morgan fingerprint density at radius 2 is 2.29 bits per heavy atom. The van der Waals surface area contributed by atoms with Gasteiger partial charge in [0, 0.05) is 24.5 Å². The summed E-state index contributed by atoms with van der Waals surface area (Å²) in [5.74, 6) is 6.11. The Bertz CT molecular complexity index is 244. The molecule has 1 fully saturated rings. The summed E-state index contributed by atoms with van der Waals surface area (Å²) in [5, 5.41) is 3.18. The molecule has 0 atom stereocenters. The maximum absolute atomic E-state index is 5.42. The van der Waals surface area contributed by atoms with Gasteiger partial charge in [0.15, 0.2) is 0 Å². The number of aliphatic imine (C=N–C) groups is 1. The van der Waals surface area contributed by atoms with E-state index in [1.807, 2.05) is 18.7 Å². The zero-order valence-electron chi connectivity index (χ0n) is 10.8. The van der Waals surface area contributed by atoms with Crippen LogP contribution in [-0.4, -0.2) is 43.3 Å². The molecule has 1 aliphatic carbocycles. The van der Waals surface area contributed by atoms with Crippen molar-refractivity contribution in [1.82, 2.24) is 10.7 Å². The lowest BCUT2D eigenvalue weighted by Crippen LogP contribution is -2.42. The Balaban J connectivity index is 2.16. The second-order valence-corrected chi connectivity index (χ2v) is 5.45. The van der Waals surface area contributed by atoms with Crippen LogP contribution in [0, 0.1) is 0 Å². The molecule has 100 valence electrons. The van der Waals surface area contributed by atoms with Gasteiger partial charge < -0.3 is 10.1 Å². The van der Waals surface area contributed by atoms with E-state index in [1.165, 1.54) is 12.8 Å². The first-order chi connectivity index (χ1) is 8.26. The summed E-state index contributed by atoms with van der Waals surface area (Å²) in [7, 11) is 0. The lowest BCUT2D eigenvalue weighted by Gasteiger charge is -2.12. The highest BCUT2D eigenvalue weighted by Crippen LogP contribution is 2.47. The van der Waals surface area contributed by atoms with Crippen molar-refractivity contribution in [1.29, 1.82) is 0 Å². The number of hydrogen-bond acceptors (Lipinski definition) is 4. The molecule has 0 heterocycles.